The Hall–Kier alpha value is -2.30. The molecule has 1 aliphatic rings. The van der Waals surface area contributed by atoms with Crippen LogP contribution in [0.5, 0.6) is 0 Å². The lowest BCUT2D eigenvalue weighted by Gasteiger charge is -2.28. The van der Waals surface area contributed by atoms with Crippen LogP contribution in [0, 0.1) is 12.8 Å². The highest BCUT2D eigenvalue weighted by Gasteiger charge is 2.27. The molecule has 128 valence electrons. The summed E-state index contributed by atoms with van der Waals surface area (Å²) < 4.78 is 1.43. The molecule has 1 fully saturated rings. The Morgan fingerprint density at radius 3 is 2.58 bits per heavy atom. The Morgan fingerprint density at radius 1 is 1.17 bits per heavy atom. The first kappa shape index (κ1) is 16.6. The highest BCUT2D eigenvalue weighted by Crippen LogP contribution is 2.22. The fourth-order valence-corrected chi connectivity index (χ4v) is 3.35. The zero-order valence-electron chi connectivity index (χ0n) is 14.6. The molecular weight excluding hydrogens is 302 g/mol. The van der Waals surface area contributed by atoms with E-state index in [2.05, 4.69) is 18.9 Å². The molecule has 0 saturated carbocycles. The van der Waals surface area contributed by atoms with Gasteiger partial charge in [0.15, 0.2) is 0 Å². The first-order chi connectivity index (χ1) is 11.5. The van der Waals surface area contributed by atoms with Gasteiger partial charge in [-0.15, -0.1) is 0 Å². The molecule has 0 spiro atoms. The van der Waals surface area contributed by atoms with Crippen LogP contribution >= 0.6 is 0 Å². The molecule has 2 heterocycles. The van der Waals surface area contributed by atoms with E-state index in [1.807, 2.05) is 36.1 Å². The van der Waals surface area contributed by atoms with Crippen LogP contribution in [0.3, 0.4) is 0 Å². The Bertz CT molecular complexity index is 773. The number of nitrogens with zero attached hydrogens (tertiary/aromatic N) is 2. The third-order valence-corrected chi connectivity index (χ3v) is 4.86. The summed E-state index contributed by atoms with van der Waals surface area (Å²) in [4.78, 5) is 27.1. The molecule has 2 atom stereocenters. The molecule has 3 rings (SSSR count). The maximum atomic E-state index is 12.9. The van der Waals surface area contributed by atoms with Crippen LogP contribution in [0.1, 0.15) is 49.2 Å². The van der Waals surface area contributed by atoms with Crippen LogP contribution in [0.4, 0.5) is 0 Å². The first-order valence-electron chi connectivity index (χ1n) is 8.66. The number of hydrogen-bond donors (Lipinski definition) is 1. The van der Waals surface area contributed by atoms with Gasteiger partial charge in [-0.05, 0) is 44.7 Å². The lowest BCUT2D eigenvalue weighted by atomic mass is 10.1. The van der Waals surface area contributed by atoms with Crippen molar-refractivity contribution in [3.8, 4) is 5.69 Å². The van der Waals surface area contributed by atoms with Crippen LogP contribution in [0.2, 0.25) is 0 Å². The minimum atomic E-state index is -0.210. The second-order valence-corrected chi connectivity index (χ2v) is 7.02. The highest BCUT2D eigenvalue weighted by atomic mass is 16.2. The quantitative estimate of drug-likeness (QED) is 0.921. The molecule has 1 amide bonds. The molecule has 1 N–H and O–H groups in total. The summed E-state index contributed by atoms with van der Waals surface area (Å²) in [5.41, 5.74) is 2.02. The molecule has 0 aliphatic carbocycles. The summed E-state index contributed by atoms with van der Waals surface area (Å²) in [7, 11) is 0. The standard InChI is InChI=1S/C19H25N3O2/c1-13-7-9-16(10-8-13)22-18(23)11-17(20-22)19(24)21-12-14(2)5-4-6-15(21)3/h7-11,14-15,20H,4-6,12H2,1-3H3. The normalized spacial score (nSPS) is 21.5. The number of rotatable bonds is 2. The maximum absolute atomic E-state index is 12.9. The van der Waals surface area contributed by atoms with Crippen molar-refractivity contribution in [2.24, 2.45) is 5.92 Å². The van der Waals surface area contributed by atoms with E-state index in [1.165, 1.54) is 10.7 Å². The van der Waals surface area contributed by atoms with Gasteiger partial charge in [0, 0.05) is 18.7 Å². The predicted octanol–water partition coefficient (Wildman–Crippen LogP) is 3.12. The van der Waals surface area contributed by atoms with Gasteiger partial charge in [0.25, 0.3) is 11.5 Å². The van der Waals surface area contributed by atoms with E-state index in [1.54, 1.807) is 0 Å². The number of H-pyrrole nitrogens is 1. The number of carbonyl (C=O) groups is 1. The molecule has 24 heavy (non-hydrogen) atoms. The van der Waals surface area contributed by atoms with Crippen molar-refractivity contribution in [1.29, 1.82) is 0 Å². The zero-order chi connectivity index (χ0) is 17.3. The Balaban J connectivity index is 1.89. The van der Waals surface area contributed by atoms with Crippen molar-refractivity contribution in [3.05, 3.63) is 51.9 Å². The third kappa shape index (κ3) is 3.30. The SMILES string of the molecule is Cc1ccc(-n2[nH]c(C(=O)N3CC(C)CCCC3C)cc2=O)cc1. The lowest BCUT2D eigenvalue weighted by molar-refractivity contribution is 0.0671. The number of nitrogens with one attached hydrogen (secondary N) is 1. The van der Waals surface area contributed by atoms with Crippen LogP contribution in [0.15, 0.2) is 35.1 Å². The summed E-state index contributed by atoms with van der Waals surface area (Å²) in [6, 6.07) is 9.25. The van der Waals surface area contributed by atoms with Crippen molar-refractivity contribution in [2.45, 2.75) is 46.1 Å². The molecule has 1 aromatic carbocycles. The van der Waals surface area contributed by atoms with Crippen LogP contribution in [0.25, 0.3) is 5.69 Å². The predicted molar refractivity (Wildman–Crippen MR) is 94.6 cm³/mol. The topological polar surface area (TPSA) is 58.1 Å². The monoisotopic (exact) mass is 327 g/mol. The first-order valence-corrected chi connectivity index (χ1v) is 8.66. The van der Waals surface area contributed by atoms with Gasteiger partial charge in [0.05, 0.1) is 5.69 Å². The van der Waals surface area contributed by atoms with Crippen molar-refractivity contribution < 1.29 is 4.79 Å². The molecule has 0 bridgehead atoms. The summed E-state index contributed by atoms with van der Waals surface area (Å²) >= 11 is 0. The fourth-order valence-electron chi connectivity index (χ4n) is 3.35. The number of aromatic nitrogens is 2. The second-order valence-electron chi connectivity index (χ2n) is 7.02. The minimum absolute atomic E-state index is 0.0841. The van der Waals surface area contributed by atoms with Gasteiger partial charge in [-0.1, -0.05) is 31.0 Å². The average Bonchev–Trinajstić information content (AvgIpc) is 2.85. The van der Waals surface area contributed by atoms with E-state index in [0.717, 1.165) is 37.1 Å². The number of aryl methyl sites for hydroxylation is 1. The largest absolute Gasteiger partial charge is 0.334 e. The van der Waals surface area contributed by atoms with Gasteiger partial charge >= 0.3 is 0 Å². The number of hydrogen-bond acceptors (Lipinski definition) is 2. The van der Waals surface area contributed by atoms with Crippen molar-refractivity contribution >= 4 is 5.91 Å². The van der Waals surface area contributed by atoms with Crippen LogP contribution in [-0.4, -0.2) is 33.2 Å². The number of carbonyl (C=O) groups excluding carboxylic acids is 1. The summed E-state index contributed by atoms with van der Waals surface area (Å²) in [5.74, 6) is 0.406. The molecular formula is C19H25N3O2. The van der Waals surface area contributed by atoms with Gasteiger partial charge in [0.2, 0.25) is 0 Å². The van der Waals surface area contributed by atoms with Gasteiger partial charge in [-0.2, -0.15) is 0 Å². The fraction of sp³-hybridized carbons (Fsp3) is 0.474. The van der Waals surface area contributed by atoms with Crippen molar-refractivity contribution in [2.75, 3.05) is 6.54 Å². The summed E-state index contributed by atoms with van der Waals surface area (Å²) in [6.07, 6.45) is 3.31. The minimum Gasteiger partial charge on any atom is -0.334 e. The van der Waals surface area contributed by atoms with Gasteiger partial charge in [-0.25, -0.2) is 4.68 Å². The summed E-state index contributed by atoms with van der Waals surface area (Å²) in [5, 5.41) is 2.98. The van der Waals surface area contributed by atoms with E-state index >= 15 is 0 Å². The maximum Gasteiger partial charge on any atom is 0.272 e. The molecule has 0 radical (unpaired) electrons. The van der Waals surface area contributed by atoms with Crippen LogP contribution in [-0.2, 0) is 0 Å². The molecule has 1 aromatic heterocycles. The Kier molecular flexibility index (Phi) is 4.60. The molecule has 1 aliphatic heterocycles. The number of aromatic amines is 1. The lowest BCUT2D eigenvalue weighted by Crippen LogP contribution is -2.40. The van der Waals surface area contributed by atoms with E-state index < -0.39 is 0 Å². The average molecular weight is 327 g/mol. The number of benzene rings is 1. The highest BCUT2D eigenvalue weighted by molar-refractivity contribution is 5.92. The Labute approximate surface area is 142 Å². The van der Waals surface area contributed by atoms with Crippen molar-refractivity contribution in [3.63, 3.8) is 0 Å². The zero-order valence-corrected chi connectivity index (χ0v) is 14.6. The van der Waals surface area contributed by atoms with E-state index in [4.69, 9.17) is 0 Å². The van der Waals surface area contributed by atoms with Crippen molar-refractivity contribution in [1.82, 2.24) is 14.7 Å². The third-order valence-electron chi connectivity index (χ3n) is 4.86. The molecule has 2 unspecified atom stereocenters. The van der Waals surface area contributed by atoms with Gasteiger partial charge < -0.3 is 4.90 Å². The molecule has 1 saturated heterocycles. The summed E-state index contributed by atoms with van der Waals surface area (Å²) in [6.45, 7) is 7.01. The Morgan fingerprint density at radius 2 is 1.88 bits per heavy atom. The molecule has 2 aromatic rings. The van der Waals surface area contributed by atoms with Gasteiger partial charge in [-0.3, -0.25) is 14.7 Å². The molecule has 5 heteroatoms. The van der Waals surface area contributed by atoms with Gasteiger partial charge in [0.1, 0.15) is 5.69 Å². The van der Waals surface area contributed by atoms with E-state index in [9.17, 15) is 9.59 Å². The molecule has 5 nitrogen and oxygen atoms in total. The number of amides is 1. The smallest absolute Gasteiger partial charge is 0.272 e. The van der Waals surface area contributed by atoms with E-state index in [0.29, 0.717) is 11.6 Å². The van der Waals surface area contributed by atoms with E-state index in [-0.39, 0.29) is 17.5 Å². The number of likely N-dealkylation sites (tertiary alicyclic amines) is 1. The second kappa shape index (κ2) is 6.67. The van der Waals surface area contributed by atoms with Crippen LogP contribution < -0.4 is 5.56 Å².